The van der Waals surface area contributed by atoms with E-state index in [4.69, 9.17) is 11.6 Å². The molecule has 0 unspecified atom stereocenters. The van der Waals surface area contributed by atoms with Crippen LogP contribution >= 0.6 is 11.6 Å². The van der Waals surface area contributed by atoms with Gasteiger partial charge < -0.3 is 10.3 Å². The largest absolute Gasteiger partial charge is 0.364 e. The Hall–Kier alpha value is -2.07. The number of H-pyrrole nitrogens is 1. The lowest BCUT2D eigenvalue weighted by atomic mass is 10.2. The minimum Gasteiger partial charge on any atom is -0.364 e. The zero-order valence-electron chi connectivity index (χ0n) is 9.95. The summed E-state index contributed by atoms with van der Waals surface area (Å²) in [6, 6.07) is 12.4. The van der Waals surface area contributed by atoms with Crippen LogP contribution in [0.1, 0.15) is 5.69 Å². The Bertz CT molecular complexity index is 724. The highest BCUT2D eigenvalue weighted by Gasteiger charge is 2.08. The maximum Gasteiger partial charge on any atom is 0.214 e. The van der Waals surface area contributed by atoms with E-state index in [1.54, 1.807) is 12.1 Å². The monoisotopic (exact) mass is 275 g/mol. The Morgan fingerprint density at radius 1 is 1.16 bits per heavy atom. The molecular formula is C14H11ClFN3. The fraction of sp³-hybridized carbons (Fsp3) is 0.0714. The first-order chi connectivity index (χ1) is 9.24. The van der Waals surface area contributed by atoms with Crippen LogP contribution in [0.15, 0.2) is 42.5 Å². The summed E-state index contributed by atoms with van der Waals surface area (Å²) in [6.07, 6.45) is 0. The Labute approximate surface area is 114 Å². The summed E-state index contributed by atoms with van der Waals surface area (Å²) < 4.78 is 13.0. The van der Waals surface area contributed by atoms with Crippen molar-refractivity contribution in [3.05, 3.63) is 59.1 Å². The average Bonchev–Trinajstić information content (AvgIpc) is 2.74. The quantitative estimate of drug-likeness (QED) is 0.710. The van der Waals surface area contributed by atoms with Gasteiger partial charge in [0.25, 0.3) is 0 Å². The van der Waals surface area contributed by atoms with Gasteiger partial charge in [-0.2, -0.15) is 4.39 Å². The third kappa shape index (κ3) is 2.39. The number of nitrogens with zero attached hydrogens (tertiary/aromatic N) is 1. The SMILES string of the molecule is Fc1cccc(NCc2[nH]c3ccccc3c2Cl)n1. The van der Waals surface area contributed by atoms with Crippen LogP contribution in [-0.2, 0) is 6.54 Å². The van der Waals surface area contributed by atoms with Crippen LogP contribution in [0, 0.1) is 5.95 Å². The van der Waals surface area contributed by atoms with Gasteiger partial charge in [-0.05, 0) is 18.2 Å². The van der Waals surface area contributed by atoms with Crippen LogP contribution < -0.4 is 5.32 Å². The number of hydrogen-bond donors (Lipinski definition) is 2. The topological polar surface area (TPSA) is 40.7 Å². The molecule has 96 valence electrons. The molecule has 0 atom stereocenters. The Balaban J connectivity index is 1.84. The van der Waals surface area contributed by atoms with E-state index in [2.05, 4.69) is 15.3 Å². The van der Waals surface area contributed by atoms with E-state index in [1.807, 2.05) is 24.3 Å². The summed E-state index contributed by atoms with van der Waals surface area (Å²) in [7, 11) is 0. The first-order valence-electron chi connectivity index (χ1n) is 5.85. The van der Waals surface area contributed by atoms with E-state index >= 15 is 0 Å². The number of nitrogens with one attached hydrogen (secondary N) is 2. The van der Waals surface area contributed by atoms with Crippen molar-refractivity contribution in [3.63, 3.8) is 0 Å². The second kappa shape index (κ2) is 4.90. The van der Waals surface area contributed by atoms with Gasteiger partial charge in [-0.15, -0.1) is 0 Å². The first-order valence-corrected chi connectivity index (χ1v) is 6.23. The molecule has 0 fully saturated rings. The molecule has 0 amide bonds. The van der Waals surface area contributed by atoms with Crippen LogP contribution in [-0.4, -0.2) is 9.97 Å². The minimum absolute atomic E-state index is 0.462. The maximum absolute atomic E-state index is 13.0. The van der Waals surface area contributed by atoms with Gasteiger partial charge in [-0.25, -0.2) is 4.98 Å². The van der Waals surface area contributed by atoms with Gasteiger partial charge in [-0.3, -0.25) is 0 Å². The van der Waals surface area contributed by atoms with Crippen molar-refractivity contribution in [2.45, 2.75) is 6.54 Å². The Morgan fingerprint density at radius 3 is 2.79 bits per heavy atom. The van der Waals surface area contributed by atoms with Gasteiger partial charge >= 0.3 is 0 Å². The smallest absolute Gasteiger partial charge is 0.214 e. The highest BCUT2D eigenvalue weighted by atomic mass is 35.5. The van der Waals surface area contributed by atoms with Gasteiger partial charge in [0.15, 0.2) is 0 Å². The minimum atomic E-state index is -0.507. The van der Waals surface area contributed by atoms with Crippen molar-refractivity contribution in [1.82, 2.24) is 9.97 Å². The summed E-state index contributed by atoms with van der Waals surface area (Å²) in [5.74, 6) is -0.0255. The lowest BCUT2D eigenvalue weighted by Gasteiger charge is -2.04. The molecule has 5 heteroatoms. The van der Waals surface area contributed by atoms with Gasteiger partial charge in [0, 0.05) is 10.9 Å². The van der Waals surface area contributed by atoms with Crippen LogP contribution in [0.2, 0.25) is 5.02 Å². The molecule has 19 heavy (non-hydrogen) atoms. The number of hydrogen-bond acceptors (Lipinski definition) is 2. The lowest BCUT2D eigenvalue weighted by Crippen LogP contribution is -2.02. The molecule has 2 N–H and O–H groups in total. The molecule has 3 nitrogen and oxygen atoms in total. The number of anilines is 1. The molecule has 0 radical (unpaired) electrons. The van der Waals surface area contributed by atoms with Crippen LogP contribution in [0.4, 0.5) is 10.2 Å². The lowest BCUT2D eigenvalue weighted by molar-refractivity contribution is 0.585. The second-order valence-electron chi connectivity index (χ2n) is 4.16. The Morgan fingerprint density at radius 2 is 2.00 bits per heavy atom. The van der Waals surface area contributed by atoms with E-state index < -0.39 is 5.95 Å². The van der Waals surface area contributed by atoms with Gasteiger partial charge in [0.2, 0.25) is 5.95 Å². The molecule has 0 bridgehead atoms. The summed E-state index contributed by atoms with van der Waals surface area (Å²) in [5.41, 5.74) is 1.84. The van der Waals surface area contributed by atoms with E-state index in [9.17, 15) is 4.39 Å². The molecule has 0 spiro atoms. The van der Waals surface area contributed by atoms with E-state index in [0.717, 1.165) is 16.6 Å². The van der Waals surface area contributed by atoms with Crippen molar-refractivity contribution < 1.29 is 4.39 Å². The van der Waals surface area contributed by atoms with Gasteiger partial charge in [0.1, 0.15) is 5.82 Å². The molecule has 0 aliphatic rings. The molecule has 0 aliphatic heterocycles. The van der Waals surface area contributed by atoms with Crippen molar-refractivity contribution >= 4 is 28.3 Å². The highest BCUT2D eigenvalue weighted by molar-refractivity contribution is 6.36. The number of pyridine rings is 1. The Kier molecular flexibility index (Phi) is 3.09. The predicted octanol–water partition coefficient (Wildman–Crippen LogP) is 3.97. The molecule has 2 aromatic heterocycles. The van der Waals surface area contributed by atoms with Crippen molar-refractivity contribution in [3.8, 4) is 0 Å². The zero-order chi connectivity index (χ0) is 13.2. The normalized spacial score (nSPS) is 10.8. The number of aromatic amines is 1. The molecule has 0 aliphatic carbocycles. The zero-order valence-corrected chi connectivity index (χ0v) is 10.7. The highest BCUT2D eigenvalue weighted by Crippen LogP contribution is 2.27. The van der Waals surface area contributed by atoms with Gasteiger partial charge in [0.05, 0.1) is 17.3 Å². The molecule has 3 rings (SSSR count). The molecule has 2 heterocycles. The van der Waals surface area contributed by atoms with E-state index in [-0.39, 0.29) is 0 Å². The fourth-order valence-electron chi connectivity index (χ4n) is 1.97. The summed E-state index contributed by atoms with van der Waals surface area (Å²) in [4.78, 5) is 6.97. The maximum atomic E-state index is 13.0. The molecule has 3 aromatic rings. The number of para-hydroxylation sites is 1. The van der Waals surface area contributed by atoms with Gasteiger partial charge in [-0.1, -0.05) is 35.9 Å². The molecule has 0 saturated heterocycles. The molecular weight excluding hydrogens is 265 g/mol. The van der Waals surface area contributed by atoms with E-state index in [1.165, 1.54) is 6.07 Å². The van der Waals surface area contributed by atoms with Crippen molar-refractivity contribution in [2.75, 3.05) is 5.32 Å². The predicted molar refractivity (Wildman–Crippen MR) is 74.8 cm³/mol. The molecule has 1 aromatic carbocycles. The summed E-state index contributed by atoms with van der Waals surface area (Å²) >= 11 is 6.29. The number of rotatable bonds is 3. The standard InChI is InChI=1S/C14H11ClFN3/c15-14-9-4-1-2-5-10(9)18-11(14)8-17-13-7-3-6-12(16)19-13/h1-7,18H,8H2,(H,17,19). The number of halogens is 2. The van der Waals surface area contributed by atoms with Crippen LogP contribution in [0.5, 0.6) is 0 Å². The number of fused-ring (bicyclic) bond motifs is 1. The van der Waals surface area contributed by atoms with Crippen LogP contribution in [0.3, 0.4) is 0 Å². The van der Waals surface area contributed by atoms with Crippen LogP contribution in [0.25, 0.3) is 10.9 Å². The number of aromatic nitrogens is 2. The summed E-state index contributed by atoms with van der Waals surface area (Å²) in [5, 5.41) is 4.70. The van der Waals surface area contributed by atoms with Crippen molar-refractivity contribution in [1.29, 1.82) is 0 Å². The first kappa shape index (κ1) is 12.0. The third-order valence-electron chi connectivity index (χ3n) is 2.88. The third-order valence-corrected chi connectivity index (χ3v) is 3.31. The second-order valence-corrected chi connectivity index (χ2v) is 4.54. The van der Waals surface area contributed by atoms with E-state index in [0.29, 0.717) is 17.4 Å². The fourth-order valence-corrected chi connectivity index (χ4v) is 2.25. The molecule has 0 saturated carbocycles. The number of benzene rings is 1. The van der Waals surface area contributed by atoms with Crippen molar-refractivity contribution in [2.24, 2.45) is 0 Å². The summed E-state index contributed by atoms with van der Waals surface area (Å²) in [6.45, 7) is 0.462. The average molecular weight is 276 g/mol.